The third-order valence-electron chi connectivity index (χ3n) is 5.29. The number of hydrogen-bond acceptors (Lipinski definition) is 8. The second kappa shape index (κ2) is 10.3. The lowest BCUT2D eigenvalue weighted by atomic mass is 10.1. The zero-order valence-electron chi connectivity index (χ0n) is 18.2. The van der Waals surface area contributed by atoms with Crippen molar-refractivity contribution in [3.05, 3.63) is 48.0 Å². The molecule has 0 unspecified atom stereocenters. The molecule has 3 heterocycles. The number of amides is 1. The number of aliphatic hydroxyl groups is 2. The Labute approximate surface area is 197 Å². The van der Waals surface area contributed by atoms with Crippen molar-refractivity contribution < 1.29 is 32.9 Å². The molecule has 0 radical (unpaired) electrons. The molecule has 1 saturated heterocycles. The highest BCUT2D eigenvalue weighted by Crippen LogP contribution is 2.31. The second-order valence-electron chi connectivity index (χ2n) is 7.69. The first kappa shape index (κ1) is 24.4. The van der Waals surface area contributed by atoms with Crippen LogP contribution in [0, 0.1) is 11.8 Å². The quantitative estimate of drug-likeness (QED) is 0.378. The van der Waals surface area contributed by atoms with Gasteiger partial charge in [-0.15, -0.1) is 0 Å². The normalized spacial score (nSPS) is 19.9. The summed E-state index contributed by atoms with van der Waals surface area (Å²) in [4.78, 5) is 23.6. The lowest BCUT2D eigenvalue weighted by Gasteiger charge is -2.13. The predicted molar refractivity (Wildman–Crippen MR) is 117 cm³/mol. The van der Waals surface area contributed by atoms with E-state index < -0.39 is 37.1 Å². The van der Waals surface area contributed by atoms with Gasteiger partial charge < -0.3 is 25.6 Å². The van der Waals surface area contributed by atoms with Gasteiger partial charge in [0.1, 0.15) is 18.7 Å². The van der Waals surface area contributed by atoms with Crippen LogP contribution in [0.4, 0.5) is 19.0 Å². The zero-order chi connectivity index (χ0) is 25.0. The molecule has 0 aliphatic carbocycles. The van der Waals surface area contributed by atoms with Crippen molar-refractivity contribution in [1.82, 2.24) is 24.8 Å². The number of hydrogen-bond donors (Lipinski definition) is 4. The molecule has 35 heavy (non-hydrogen) atoms. The van der Waals surface area contributed by atoms with Crippen LogP contribution < -0.4 is 10.6 Å². The fraction of sp³-hybridized carbons (Fsp3) is 0.364. The first-order chi connectivity index (χ1) is 16.8. The van der Waals surface area contributed by atoms with Crippen LogP contribution in [-0.4, -0.2) is 67.2 Å². The molecule has 10 nitrogen and oxygen atoms in total. The summed E-state index contributed by atoms with van der Waals surface area (Å²) < 4.78 is 43.8. The number of aromatic nitrogens is 4. The number of aliphatic hydroxyl groups excluding tert-OH is 2. The maximum absolute atomic E-state index is 12.1. The summed E-state index contributed by atoms with van der Waals surface area (Å²) >= 11 is 0. The Bertz CT molecular complexity index is 1250. The molecule has 1 amide bonds. The van der Waals surface area contributed by atoms with Gasteiger partial charge in [-0.1, -0.05) is 24.0 Å². The van der Waals surface area contributed by atoms with Crippen molar-refractivity contribution in [2.75, 3.05) is 18.5 Å². The molecule has 0 spiro atoms. The minimum absolute atomic E-state index is 0.287. The van der Waals surface area contributed by atoms with E-state index in [1.807, 2.05) is 0 Å². The van der Waals surface area contributed by atoms with Crippen LogP contribution in [-0.2, 0) is 16.1 Å². The number of benzene rings is 1. The molecular formula is C22H21F3N6O4. The van der Waals surface area contributed by atoms with Crippen molar-refractivity contribution in [1.29, 1.82) is 0 Å². The molecule has 1 aliphatic heterocycles. The Balaban J connectivity index is 1.37. The van der Waals surface area contributed by atoms with Crippen LogP contribution in [0.3, 0.4) is 0 Å². The van der Waals surface area contributed by atoms with E-state index in [0.29, 0.717) is 35.5 Å². The van der Waals surface area contributed by atoms with Crippen molar-refractivity contribution >= 4 is 22.9 Å². The summed E-state index contributed by atoms with van der Waals surface area (Å²) in [5.74, 6) is 3.62. The van der Waals surface area contributed by atoms with Crippen molar-refractivity contribution in [2.24, 2.45) is 0 Å². The predicted octanol–water partition coefficient (Wildman–Crippen LogP) is 1.11. The third-order valence-corrected chi connectivity index (χ3v) is 5.29. The van der Waals surface area contributed by atoms with E-state index in [0.717, 1.165) is 5.56 Å². The molecule has 184 valence electrons. The summed E-state index contributed by atoms with van der Waals surface area (Å²) in [6, 6.07) is 7.01. The van der Waals surface area contributed by atoms with Gasteiger partial charge in [0.15, 0.2) is 17.0 Å². The van der Waals surface area contributed by atoms with Crippen molar-refractivity contribution in [3.63, 3.8) is 0 Å². The molecule has 1 fully saturated rings. The van der Waals surface area contributed by atoms with E-state index in [4.69, 9.17) is 4.74 Å². The van der Waals surface area contributed by atoms with Gasteiger partial charge in [-0.2, -0.15) is 13.2 Å². The number of nitrogens with zero attached hydrogens (tertiary/aromatic N) is 4. The van der Waals surface area contributed by atoms with Gasteiger partial charge in [-0.05, 0) is 17.7 Å². The summed E-state index contributed by atoms with van der Waals surface area (Å²) in [5, 5.41) is 24.2. The number of fused-ring (bicyclic) bond motifs is 1. The van der Waals surface area contributed by atoms with Crippen LogP contribution in [0.25, 0.3) is 11.2 Å². The number of imidazole rings is 1. The van der Waals surface area contributed by atoms with E-state index in [1.165, 1.54) is 6.33 Å². The van der Waals surface area contributed by atoms with Gasteiger partial charge in [0, 0.05) is 18.5 Å². The number of nitrogens with one attached hydrogen (secondary N) is 2. The second-order valence-corrected chi connectivity index (χ2v) is 7.69. The van der Waals surface area contributed by atoms with Gasteiger partial charge in [-0.25, -0.2) is 15.0 Å². The summed E-state index contributed by atoms with van der Waals surface area (Å²) in [5.41, 5.74) is 2.50. The van der Waals surface area contributed by atoms with E-state index in [9.17, 15) is 28.2 Å². The first-order valence-corrected chi connectivity index (χ1v) is 10.5. The molecule has 3 aromatic rings. The molecule has 2 aromatic heterocycles. The Kier molecular flexibility index (Phi) is 7.15. The van der Waals surface area contributed by atoms with Crippen LogP contribution in [0.15, 0.2) is 36.9 Å². The number of carbonyl (C=O) groups is 1. The molecule has 4 rings (SSSR count). The molecule has 4 N–H and O–H groups in total. The summed E-state index contributed by atoms with van der Waals surface area (Å²) in [6.07, 6.45) is -3.66. The highest BCUT2D eigenvalue weighted by molar-refractivity contribution is 5.83. The third kappa shape index (κ3) is 5.68. The Morgan fingerprint density at radius 2 is 2.00 bits per heavy atom. The van der Waals surface area contributed by atoms with E-state index in [-0.39, 0.29) is 6.61 Å². The highest BCUT2D eigenvalue weighted by Gasteiger charge is 2.38. The molecule has 0 saturated carbocycles. The Morgan fingerprint density at radius 1 is 1.23 bits per heavy atom. The Hall–Kier alpha value is -3.73. The van der Waals surface area contributed by atoms with Gasteiger partial charge in [-0.3, -0.25) is 9.36 Å². The number of anilines is 1. The van der Waals surface area contributed by atoms with Crippen molar-refractivity contribution in [3.8, 4) is 11.8 Å². The van der Waals surface area contributed by atoms with Gasteiger partial charge >= 0.3 is 12.1 Å². The standard InChI is InChI=1S/C22H21F3N6O4/c23-22(24,25)21(34)26-7-1-2-13-3-5-14(6-4-13)9-27-19-18-20(29-11-28-19)31(12-30-18)17-8-15(33)16(10-32)35-17/h3-6,11-12,15-17,32-33H,7-10H2,(H,26,34)(H,27,28,29)/t15-,16+,17+/m0/s1. The monoisotopic (exact) mass is 490 g/mol. The minimum atomic E-state index is -4.93. The zero-order valence-corrected chi connectivity index (χ0v) is 18.2. The van der Waals surface area contributed by atoms with Crippen LogP contribution in [0.1, 0.15) is 23.8 Å². The number of alkyl halides is 3. The van der Waals surface area contributed by atoms with Crippen LogP contribution in [0.5, 0.6) is 0 Å². The molecule has 13 heteroatoms. The minimum Gasteiger partial charge on any atom is -0.394 e. The van der Waals surface area contributed by atoms with E-state index in [2.05, 4.69) is 32.1 Å². The summed E-state index contributed by atoms with van der Waals surface area (Å²) in [7, 11) is 0. The van der Waals surface area contributed by atoms with Gasteiger partial charge in [0.25, 0.3) is 0 Å². The van der Waals surface area contributed by atoms with Gasteiger partial charge in [0.05, 0.1) is 25.6 Å². The van der Waals surface area contributed by atoms with Gasteiger partial charge in [0.2, 0.25) is 0 Å². The molecule has 0 bridgehead atoms. The first-order valence-electron chi connectivity index (χ1n) is 10.5. The molecule has 3 atom stereocenters. The molecule has 1 aromatic carbocycles. The molecule has 1 aliphatic rings. The number of rotatable bonds is 6. The lowest BCUT2D eigenvalue weighted by molar-refractivity contribution is -0.173. The number of ether oxygens (including phenoxy) is 1. The number of halogens is 3. The fourth-order valence-electron chi connectivity index (χ4n) is 3.50. The van der Waals surface area contributed by atoms with E-state index in [1.54, 1.807) is 40.5 Å². The topological polar surface area (TPSA) is 134 Å². The van der Waals surface area contributed by atoms with Crippen LogP contribution >= 0.6 is 0 Å². The van der Waals surface area contributed by atoms with Crippen molar-refractivity contribution in [2.45, 2.75) is 37.6 Å². The highest BCUT2D eigenvalue weighted by atomic mass is 19.4. The summed E-state index contributed by atoms with van der Waals surface area (Å²) in [6.45, 7) is -0.297. The fourth-order valence-corrected chi connectivity index (χ4v) is 3.50. The number of carbonyl (C=O) groups excluding carboxylic acids is 1. The average molecular weight is 490 g/mol. The van der Waals surface area contributed by atoms with E-state index >= 15 is 0 Å². The molecular weight excluding hydrogens is 469 g/mol. The lowest BCUT2D eigenvalue weighted by Crippen LogP contribution is -2.36. The maximum Gasteiger partial charge on any atom is 0.471 e. The largest absolute Gasteiger partial charge is 0.471 e. The maximum atomic E-state index is 12.1. The Morgan fingerprint density at radius 3 is 2.69 bits per heavy atom. The average Bonchev–Trinajstić information content (AvgIpc) is 3.43. The smallest absolute Gasteiger partial charge is 0.394 e. The SMILES string of the molecule is O=C(NCC#Cc1ccc(CNc2ncnc3c2ncn3[C@H]2C[C@H](O)[C@@H](CO)O2)cc1)C(F)(F)F. The van der Waals surface area contributed by atoms with Crippen LogP contribution in [0.2, 0.25) is 0 Å².